The molecule has 154 valence electrons. The van der Waals surface area contributed by atoms with Gasteiger partial charge in [0, 0.05) is 12.1 Å². The van der Waals surface area contributed by atoms with Gasteiger partial charge in [0.1, 0.15) is 5.75 Å². The lowest BCUT2D eigenvalue weighted by Gasteiger charge is -2.16. The summed E-state index contributed by atoms with van der Waals surface area (Å²) in [5.41, 5.74) is 2.30. The van der Waals surface area contributed by atoms with Crippen molar-refractivity contribution in [3.63, 3.8) is 0 Å². The number of carbonyl (C=O) groups excluding carboxylic acids is 1. The summed E-state index contributed by atoms with van der Waals surface area (Å²) in [5.74, 6) is 0.259. The van der Waals surface area contributed by atoms with E-state index in [0.717, 1.165) is 12.0 Å². The first-order chi connectivity index (χ1) is 13.7. The Morgan fingerprint density at radius 1 is 1.17 bits per heavy atom. The maximum absolute atomic E-state index is 12.6. The molecule has 2 N–H and O–H groups in total. The topological polar surface area (TPSA) is 93.5 Å². The highest BCUT2D eigenvalue weighted by atomic mass is 32.1. The Labute approximate surface area is 175 Å². The summed E-state index contributed by atoms with van der Waals surface area (Å²) >= 11 is 5.20. The molecule has 0 fully saturated rings. The van der Waals surface area contributed by atoms with E-state index in [0.29, 0.717) is 17.4 Å². The van der Waals surface area contributed by atoms with Gasteiger partial charge in [-0.3, -0.25) is 14.9 Å². The van der Waals surface area contributed by atoms with E-state index in [2.05, 4.69) is 24.5 Å². The van der Waals surface area contributed by atoms with Gasteiger partial charge in [-0.1, -0.05) is 38.1 Å². The molecule has 0 heterocycles. The molecule has 2 aromatic carbocycles. The quantitative estimate of drug-likeness (QED) is 0.395. The third-order valence-electron chi connectivity index (χ3n) is 4.40. The minimum Gasteiger partial charge on any atom is -0.495 e. The first-order valence-corrected chi connectivity index (χ1v) is 9.65. The molecule has 0 radical (unpaired) electrons. The van der Waals surface area contributed by atoms with E-state index < -0.39 is 10.8 Å². The molecule has 0 aliphatic carbocycles. The van der Waals surface area contributed by atoms with Crippen LogP contribution >= 0.6 is 12.2 Å². The zero-order chi connectivity index (χ0) is 21.6. The van der Waals surface area contributed by atoms with E-state index in [4.69, 9.17) is 17.0 Å². The van der Waals surface area contributed by atoms with Crippen LogP contribution in [0.1, 0.15) is 37.8 Å². The fourth-order valence-corrected chi connectivity index (χ4v) is 3.06. The van der Waals surface area contributed by atoms with E-state index >= 15 is 0 Å². The Hall–Kier alpha value is -3.00. The molecule has 0 aliphatic heterocycles. The van der Waals surface area contributed by atoms with E-state index in [1.165, 1.54) is 30.9 Å². The molecule has 0 saturated carbocycles. The zero-order valence-corrected chi connectivity index (χ0v) is 17.7. The van der Waals surface area contributed by atoms with Crippen molar-refractivity contribution in [2.24, 2.45) is 5.92 Å². The maximum Gasteiger partial charge on any atom is 0.271 e. The monoisotopic (exact) mass is 415 g/mol. The minimum atomic E-state index is -0.517. The summed E-state index contributed by atoms with van der Waals surface area (Å²) in [6, 6.07) is 12.1. The van der Waals surface area contributed by atoms with Crippen molar-refractivity contribution >= 4 is 34.6 Å². The highest BCUT2D eigenvalue weighted by Crippen LogP contribution is 2.28. The van der Waals surface area contributed by atoms with Crippen LogP contribution in [0.2, 0.25) is 0 Å². The number of rotatable bonds is 7. The largest absolute Gasteiger partial charge is 0.495 e. The molecule has 1 unspecified atom stereocenters. The van der Waals surface area contributed by atoms with Gasteiger partial charge < -0.3 is 15.4 Å². The predicted octanol–water partition coefficient (Wildman–Crippen LogP) is 4.42. The molecular weight excluding hydrogens is 390 g/mol. The Morgan fingerprint density at radius 2 is 1.83 bits per heavy atom. The van der Waals surface area contributed by atoms with Gasteiger partial charge in [-0.25, -0.2) is 0 Å². The zero-order valence-electron chi connectivity index (χ0n) is 16.9. The van der Waals surface area contributed by atoms with Gasteiger partial charge in [-0.2, -0.15) is 0 Å². The van der Waals surface area contributed by atoms with Crippen LogP contribution in [-0.2, 0) is 11.2 Å². The van der Waals surface area contributed by atoms with Crippen LogP contribution in [0.15, 0.2) is 42.5 Å². The third-order valence-corrected chi connectivity index (χ3v) is 4.60. The lowest BCUT2D eigenvalue weighted by molar-refractivity contribution is -0.384. The maximum atomic E-state index is 12.6. The van der Waals surface area contributed by atoms with Gasteiger partial charge in [0.15, 0.2) is 5.11 Å². The number of carbonyl (C=O) groups is 1. The van der Waals surface area contributed by atoms with Crippen LogP contribution in [0.25, 0.3) is 0 Å². The molecule has 7 nitrogen and oxygen atoms in total. The first kappa shape index (κ1) is 22.3. The number of nitrogens with zero attached hydrogens (tertiary/aromatic N) is 1. The number of nitrogens with one attached hydrogen (secondary N) is 2. The molecule has 8 heteroatoms. The van der Waals surface area contributed by atoms with Crippen molar-refractivity contribution in [3.05, 3.63) is 63.7 Å². The number of methoxy groups -OCH3 is 1. The molecule has 0 spiro atoms. The highest BCUT2D eigenvalue weighted by Gasteiger charge is 2.18. The molecule has 29 heavy (non-hydrogen) atoms. The number of ether oxygens (including phenoxy) is 1. The smallest absolute Gasteiger partial charge is 0.271 e. The van der Waals surface area contributed by atoms with Crippen molar-refractivity contribution in [2.75, 3.05) is 12.4 Å². The van der Waals surface area contributed by atoms with Crippen molar-refractivity contribution in [2.45, 2.75) is 33.1 Å². The Balaban J connectivity index is 2.04. The predicted molar refractivity (Wildman–Crippen MR) is 117 cm³/mol. The second kappa shape index (κ2) is 9.97. The summed E-state index contributed by atoms with van der Waals surface area (Å²) in [5, 5.41) is 16.4. The third kappa shape index (κ3) is 6.25. The van der Waals surface area contributed by atoms with Crippen molar-refractivity contribution in [1.29, 1.82) is 0 Å². The molecule has 0 aromatic heterocycles. The van der Waals surface area contributed by atoms with Gasteiger partial charge in [0.25, 0.3) is 5.69 Å². The molecule has 0 saturated heterocycles. The molecule has 1 atom stereocenters. The van der Waals surface area contributed by atoms with E-state index in [-0.39, 0.29) is 16.7 Å². The number of benzene rings is 2. The Morgan fingerprint density at radius 3 is 2.38 bits per heavy atom. The van der Waals surface area contributed by atoms with Crippen molar-refractivity contribution < 1.29 is 14.5 Å². The molecule has 2 aromatic rings. The second-order valence-corrected chi connectivity index (χ2v) is 7.55. The average molecular weight is 416 g/mol. The lowest BCUT2D eigenvalue weighted by Crippen LogP contribution is -2.36. The normalized spacial score (nSPS) is 11.6. The lowest BCUT2D eigenvalue weighted by atomic mass is 9.96. The van der Waals surface area contributed by atoms with Gasteiger partial charge in [-0.05, 0) is 48.7 Å². The summed E-state index contributed by atoms with van der Waals surface area (Å²) in [6.07, 6.45) is 0.986. The van der Waals surface area contributed by atoms with E-state index in [1.54, 1.807) is 6.92 Å². The van der Waals surface area contributed by atoms with Crippen molar-refractivity contribution in [1.82, 2.24) is 5.32 Å². The van der Waals surface area contributed by atoms with Crippen LogP contribution in [0, 0.1) is 16.0 Å². The molecule has 1 amide bonds. The van der Waals surface area contributed by atoms with Gasteiger partial charge in [0.05, 0.1) is 23.6 Å². The summed E-state index contributed by atoms with van der Waals surface area (Å²) < 4.78 is 5.18. The van der Waals surface area contributed by atoms with Crippen LogP contribution in [0.4, 0.5) is 11.4 Å². The number of anilines is 1. The first-order valence-electron chi connectivity index (χ1n) is 9.24. The minimum absolute atomic E-state index is 0.0390. The fourth-order valence-electron chi connectivity index (χ4n) is 2.85. The van der Waals surface area contributed by atoms with Crippen LogP contribution < -0.4 is 15.4 Å². The van der Waals surface area contributed by atoms with Crippen LogP contribution in [0.5, 0.6) is 5.75 Å². The van der Waals surface area contributed by atoms with Crippen LogP contribution in [-0.4, -0.2) is 23.1 Å². The van der Waals surface area contributed by atoms with E-state index in [9.17, 15) is 14.9 Å². The van der Waals surface area contributed by atoms with Gasteiger partial charge >= 0.3 is 0 Å². The van der Waals surface area contributed by atoms with Gasteiger partial charge in [-0.15, -0.1) is 0 Å². The molecule has 0 bridgehead atoms. The summed E-state index contributed by atoms with van der Waals surface area (Å²) in [6.45, 7) is 6.12. The number of hydrogen-bond donors (Lipinski definition) is 2. The number of nitro benzene ring substituents is 1. The number of amides is 1. The molecular formula is C21H25N3O4S. The Kier molecular flexibility index (Phi) is 7.67. The SMILES string of the molecule is COc1ccc([N+](=O)[O-])cc1NC(=S)NC(=O)C(C)c1ccc(CC(C)C)cc1. The standard InChI is InChI=1S/C21H25N3O4S/c1-13(2)11-15-5-7-16(8-6-15)14(3)20(25)23-21(29)22-18-12-17(24(26)27)9-10-19(18)28-4/h5-10,12-14H,11H2,1-4H3,(H2,22,23,25,29). The van der Waals surface area contributed by atoms with Gasteiger partial charge in [0.2, 0.25) is 5.91 Å². The second-order valence-electron chi connectivity index (χ2n) is 7.15. The summed E-state index contributed by atoms with van der Waals surface area (Å²) in [7, 11) is 1.44. The Bertz CT molecular complexity index is 897. The highest BCUT2D eigenvalue weighted by molar-refractivity contribution is 7.80. The molecule has 2 rings (SSSR count). The fraction of sp³-hybridized carbons (Fsp3) is 0.333. The number of non-ortho nitro benzene ring substituents is 1. The van der Waals surface area contributed by atoms with Crippen LogP contribution in [0.3, 0.4) is 0 Å². The molecule has 0 aliphatic rings. The number of thiocarbonyl (C=S) groups is 1. The van der Waals surface area contributed by atoms with Crippen molar-refractivity contribution in [3.8, 4) is 5.75 Å². The number of hydrogen-bond acceptors (Lipinski definition) is 5. The number of nitro groups is 1. The average Bonchev–Trinajstić information content (AvgIpc) is 2.67. The van der Waals surface area contributed by atoms with E-state index in [1.807, 2.05) is 24.3 Å². The summed E-state index contributed by atoms with van der Waals surface area (Å²) in [4.78, 5) is 23.0.